The summed E-state index contributed by atoms with van der Waals surface area (Å²) in [5.41, 5.74) is 0.540. The zero-order valence-corrected chi connectivity index (χ0v) is 12.6. The van der Waals surface area contributed by atoms with Crippen LogP contribution in [0.15, 0.2) is 27.5 Å². The zero-order valence-electron chi connectivity index (χ0n) is 11.7. The summed E-state index contributed by atoms with van der Waals surface area (Å²) in [6, 6.07) is 4.30. The molecule has 9 heteroatoms. The molecule has 0 aliphatic heterocycles. The number of nitrogens with two attached hydrogens (primary N) is 1. The number of carbonyl (C=O) groups excluding carboxylic acids is 1. The van der Waals surface area contributed by atoms with Gasteiger partial charge < -0.3 is 9.73 Å². The van der Waals surface area contributed by atoms with Crippen LogP contribution in [-0.2, 0) is 14.8 Å². The van der Waals surface area contributed by atoms with Gasteiger partial charge in [0.1, 0.15) is 0 Å². The van der Waals surface area contributed by atoms with Crippen molar-refractivity contribution in [1.29, 1.82) is 0 Å². The summed E-state index contributed by atoms with van der Waals surface area (Å²) in [7, 11) is -4.01. The third-order valence-electron chi connectivity index (χ3n) is 3.21. The van der Waals surface area contributed by atoms with E-state index in [4.69, 9.17) is 9.56 Å². The molecule has 1 aromatic heterocycles. The Kier molecular flexibility index (Phi) is 3.45. The number of amides is 1. The molecule has 0 spiro atoms. The fourth-order valence-corrected chi connectivity index (χ4v) is 2.81. The maximum atomic E-state index is 11.8. The Bertz CT molecular complexity index is 839. The Labute approximate surface area is 126 Å². The van der Waals surface area contributed by atoms with Crippen molar-refractivity contribution in [3.05, 3.63) is 24.1 Å². The lowest BCUT2D eigenvalue weighted by Crippen LogP contribution is -2.15. The number of hydrogen-bond donors (Lipinski definition) is 2. The Hall–Kier alpha value is -2.26. The summed E-state index contributed by atoms with van der Waals surface area (Å²) >= 11 is 0. The lowest BCUT2D eigenvalue weighted by atomic mass is 10.2. The van der Waals surface area contributed by atoms with Crippen molar-refractivity contribution in [2.24, 2.45) is 5.14 Å². The molecule has 2 aromatic rings. The highest BCUT2D eigenvalue weighted by molar-refractivity contribution is 7.89. The molecule has 22 heavy (non-hydrogen) atoms. The van der Waals surface area contributed by atoms with Gasteiger partial charge >= 0.3 is 0 Å². The summed E-state index contributed by atoms with van der Waals surface area (Å²) in [4.78, 5) is 10.9. The van der Waals surface area contributed by atoms with Crippen molar-refractivity contribution >= 4 is 21.6 Å². The molecule has 1 heterocycles. The van der Waals surface area contributed by atoms with Crippen molar-refractivity contribution < 1.29 is 17.6 Å². The van der Waals surface area contributed by atoms with Crippen molar-refractivity contribution in [3.63, 3.8) is 0 Å². The largest absolute Gasteiger partial charge is 0.420 e. The second kappa shape index (κ2) is 5.18. The van der Waals surface area contributed by atoms with E-state index in [9.17, 15) is 13.2 Å². The van der Waals surface area contributed by atoms with Crippen molar-refractivity contribution in [2.45, 2.75) is 30.6 Å². The number of hydrogen-bond acceptors (Lipinski definition) is 6. The van der Waals surface area contributed by atoms with Crippen LogP contribution in [0.5, 0.6) is 0 Å². The molecule has 3 rings (SSSR count). The lowest BCUT2D eigenvalue weighted by molar-refractivity contribution is -0.114. The van der Waals surface area contributed by atoms with Gasteiger partial charge in [-0.05, 0) is 31.0 Å². The predicted octanol–water partition coefficient (Wildman–Crippen LogP) is 1.22. The maximum Gasteiger partial charge on any atom is 0.249 e. The standard InChI is InChI=1S/C13H14N4O4S/c1-7(18)15-9-4-5-10(11(6-9)22(14,19)20)13-17-16-12(21-13)8-2-3-8/h4-6,8H,2-3H2,1H3,(H,15,18)(H2,14,19,20). The highest BCUT2D eigenvalue weighted by Crippen LogP contribution is 2.40. The summed E-state index contributed by atoms with van der Waals surface area (Å²) in [5.74, 6) is 0.543. The van der Waals surface area contributed by atoms with Crippen LogP contribution in [0.1, 0.15) is 31.6 Å². The predicted molar refractivity (Wildman–Crippen MR) is 77.4 cm³/mol. The second-order valence-corrected chi connectivity index (χ2v) is 6.69. The maximum absolute atomic E-state index is 11.8. The number of benzene rings is 1. The van der Waals surface area contributed by atoms with Gasteiger partial charge in [0.15, 0.2) is 0 Å². The van der Waals surface area contributed by atoms with E-state index in [-0.39, 0.29) is 28.2 Å². The van der Waals surface area contributed by atoms with Crippen LogP contribution in [-0.4, -0.2) is 24.5 Å². The van der Waals surface area contributed by atoms with Gasteiger partial charge in [0.05, 0.1) is 10.5 Å². The average Bonchev–Trinajstić information content (AvgIpc) is 3.15. The average molecular weight is 322 g/mol. The van der Waals surface area contributed by atoms with Gasteiger partial charge in [-0.25, -0.2) is 13.6 Å². The van der Waals surface area contributed by atoms with E-state index in [0.717, 1.165) is 12.8 Å². The first-order chi connectivity index (χ1) is 10.3. The van der Waals surface area contributed by atoms with Crippen LogP contribution in [0.2, 0.25) is 0 Å². The van der Waals surface area contributed by atoms with E-state index in [1.54, 1.807) is 6.07 Å². The first kappa shape index (κ1) is 14.7. The summed E-state index contributed by atoms with van der Waals surface area (Å²) in [5, 5.41) is 15.6. The number of nitrogens with one attached hydrogen (secondary N) is 1. The molecule has 0 unspecified atom stereocenters. The van der Waals surface area contributed by atoms with Crippen LogP contribution in [0.25, 0.3) is 11.5 Å². The Morgan fingerprint density at radius 1 is 1.36 bits per heavy atom. The summed E-state index contributed by atoms with van der Waals surface area (Å²) < 4.78 is 29.1. The zero-order chi connectivity index (χ0) is 15.9. The third-order valence-corrected chi connectivity index (χ3v) is 4.16. The van der Waals surface area contributed by atoms with Gasteiger partial charge in [-0.15, -0.1) is 10.2 Å². The fraction of sp³-hybridized carbons (Fsp3) is 0.308. The van der Waals surface area contributed by atoms with E-state index in [0.29, 0.717) is 11.6 Å². The highest BCUT2D eigenvalue weighted by Gasteiger charge is 2.30. The number of primary sulfonamides is 1. The monoisotopic (exact) mass is 322 g/mol. The molecule has 1 aliphatic rings. The van der Waals surface area contributed by atoms with E-state index in [1.165, 1.54) is 19.1 Å². The molecule has 1 aromatic carbocycles. The molecular formula is C13H14N4O4S. The molecule has 0 atom stereocenters. The van der Waals surface area contributed by atoms with E-state index >= 15 is 0 Å². The minimum absolute atomic E-state index is 0.0975. The van der Waals surface area contributed by atoms with Crippen LogP contribution in [0.4, 0.5) is 5.69 Å². The topological polar surface area (TPSA) is 128 Å². The molecule has 1 amide bonds. The third kappa shape index (κ3) is 3.00. The van der Waals surface area contributed by atoms with Crippen molar-refractivity contribution in [2.75, 3.05) is 5.32 Å². The highest BCUT2D eigenvalue weighted by atomic mass is 32.2. The molecule has 0 saturated heterocycles. The van der Waals surface area contributed by atoms with E-state index in [2.05, 4.69) is 15.5 Å². The SMILES string of the molecule is CC(=O)Nc1ccc(-c2nnc(C3CC3)o2)c(S(N)(=O)=O)c1. The molecule has 1 aliphatic carbocycles. The summed E-state index contributed by atoms with van der Waals surface area (Å²) in [6.07, 6.45) is 1.98. The molecule has 1 fully saturated rings. The van der Waals surface area contributed by atoms with Gasteiger partial charge in [-0.1, -0.05) is 0 Å². The Balaban J connectivity index is 2.06. The second-order valence-electron chi connectivity index (χ2n) is 5.16. The Morgan fingerprint density at radius 2 is 2.09 bits per heavy atom. The number of nitrogens with zero attached hydrogens (tertiary/aromatic N) is 2. The van der Waals surface area contributed by atoms with Crippen molar-refractivity contribution in [3.8, 4) is 11.5 Å². The van der Waals surface area contributed by atoms with Crippen LogP contribution in [0, 0.1) is 0 Å². The molecule has 0 bridgehead atoms. The number of rotatable bonds is 4. The summed E-state index contributed by atoms with van der Waals surface area (Å²) in [6.45, 7) is 1.32. The van der Waals surface area contributed by atoms with Gasteiger partial charge in [0.25, 0.3) is 0 Å². The molecule has 1 saturated carbocycles. The van der Waals surface area contributed by atoms with E-state index in [1.807, 2.05) is 0 Å². The molecule has 0 radical (unpaired) electrons. The quantitative estimate of drug-likeness (QED) is 0.871. The Morgan fingerprint density at radius 3 is 2.68 bits per heavy atom. The molecular weight excluding hydrogens is 308 g/mol. The van der Waals surface area contributed by atoms with Gasteiger partial charge in [-0.3, -0.25) is 4.79 Å². The molecule has 8 nitrogen and oxygen atoms in total. The number of anilines is 1. The first-order valence-electron chi connectivity index (χ1n) is 6.63. The number of carbonyl (C=O) groups is 1. The van der Waals surface area contributed by atoms with Crippen molar-refractivity contribution in [1.82, 2.24) is 10.2 Å². The molecule has 3 N–H and O–H groups in total. The molecule has 116 valence electrons. The number of aromatic nitrogens is 2. The van der Waals surface area contributed by atoms with Crippen LogP contribution >= 0.6 is 0 Å². The van der Waals surface area contributed by atoms with Gasteiger partial charge in [-0.2, -0.15) is 0 Å². The number of sulfonamides is 1. The minimum atomic E-state index is -4.01. The van der Waals surface area contributed by atoms with Crippen LogP contribution in [0.3, 0.4) is 0 Å². The fourth-order valence-electron chi connectivity index (χ4n) is 2.05. The smallest absolute Gasteiger partial charge is 0.249 e. The van der Waals surface area contributed by atoms with Crippen LogP contribution < -0.4 is 10.5 Å². The normalized spacial score (nSPS) is 14.8. The van der Waals surface area contributed by atoms with Gasteiger partial charge in [0.2, 0.25) is 27.7 Å². The van der Waals surface area contributed by atoms with E-state index < -0.39 is 10.0 Å². The minimum Gasteiger partial charge on any atom is -0.420 e. The first-order valence-corrected chi connectivity index (χ1v) is 8.17. The lowest BCUT2D eigenvalue weighted by Gasteiger charge is -2.08. The van der Waals surface area contributed by atoms with Gasteiger partial charge in [0, 0.05) is 18.5 Å².